The molecule has 2 fully saturated rings. The summed E-state index contributed by atoms with van der Waals surface area (Å²) in [5.74, 6) is -4.63. The molecule has 0 bridgehead atoms. The van der Waals surface area contributed by atoms with Gasteiger partial charge in [-0.2, -0.15) is 4.31 Å². The van der Waals surface area contributed by atoms with Gasteiger partial charge in [-0.15, -0.1) is 11.3 Å². The molecule has 1 unspecified atom stereocenters. The summed E-state index contributed by atoms with van der Waals surface area (Å²) in [6.07, 6.45) is 1.26. The first-order valence-corrected chi connectivity index (χ1v) is 22.3. The highest BCUT2D eigenvalue weighted by molar-refractivity contribution is 7.88. The number of aromatic carboxylic acids is 1. The Bertz CT molecular complexity index is 2600. The second-order valence-electron chi connectivity index (χ2n) is 15.7. The van der Waals surface area contributed by atoms with Gasteiger partial charge in [0.05, 0.1) is 17.2 Å². The molecule has 4 amide bonds. The topological polar surface area (TPSA) is 238 Å². The van der Waals surface area contributed by atoms with Crippen LogP contribution in [0.3, 0.4) is 0 Å². The van der Waals surface area contributed by atoms with Crippen molar-refractivity contribution in [3.05, 3.63) is 93.3 Å². The van der Waals surface area contributed by atoms with E-state index in [2.05, 4.69) is 16.0 Å². The van der Waals surface area contributed by atoms with Crippen molar-refractivity contribution in [3.63, 3.8) is 0 Å². The molecule has 3 aromatic carbocycles. The third-order valence-corrected chi connectivity index (χ3v) is 14.5. The third kappa shape index (κ3) is 9.55. The molecule has 0 saturated carbocycles. The number of thiophene rings is 1. The van der Waals surface area contributed by atoms with E-state index in [1.165, 1.54) is 9.21 Å². The summed E-state index contributed by atoms with van der Waals surface area (Å²) in [5, 5.41) is 27.2. The molecule has 0 aliphatic carbocycles. The van der Waals surface area contributed by atoms with Crippen molar-refractivity contribution in [1.82, 2.24) is 14.5 Å². The van der Waals surface area contributed by atoms with Crippen molar-refractivity contribution < 1.29 is 56.9 Å². The van der Waals surface area contributed by atoms with Crippen LogP contribution in [0.5, 0.6) is 11.5 Å². The number of piperidine rings is 2. The van der Waals surface area contributed by atoms with E-state index in [-0.39, 0.29) is 65.2 Å². The number of imide groups is 1. The average Bonchev–Trinajstić information content (AvgIpc) is 3.72. The first-order chi connectivity index (χ1) is 29.4. The monoisotopic (exact) mass is 907 g/mol. The predicted octanol–water partition coefficient (Wildman–Crippen LogP) is 5.19. The number of ether oxygens (including phenoxy) is 2. The van der Waals surface area contributed by atoms with Crippen molar-refractivity contribution in [3.8, 4) is 21.9 Å². The molecule has 0 spiro atoms. The maximum absolute atomic E-state index is 13.9. The molecule has 326 valence electrons. The zero-order valence-corrected chi connectivity index (χ0v) is 35.8. The molecule has 3 aliphatic rings. The number of hydrogen-bond donors (Lipinski definition) is 5. The first kappa shape index (κ1) is 44.0. The summed E-state index contributed by atoms with van der Waals surface area (Å²) >= 11 is 7.37. The van der Waals surface area contributed by atoms with Gasteiger partial charge >= 0.3 is 11.9 Å². The van der Waals surface area contributed by atoms with Gasteiger partial charge in [0.1, 0.15) is 16.8 Å². The Labute approximate surface area is 365 Å². The number of carbonyl (C=O) groups is 6. The van der Waals surface area contributed by atoms with Crippen LogP contribution in [0.4, 0.5) is 11.4 Å². The van der Waals surface area contributed by atoms with Crippen LogP contribution in [0.1, 0.15) is 70.7 Å². The Kier molecular flexibility index (Phi) is 12.6. The lowest BCUT2D eigenvalue weighted by atomic mass is 9.89. The Morgan fingerprint density at radius 1 is 0.968 bits per heavy atom. The van der Waals surface area contributed by atoms with Crippen LogP contribution in [-0.2, 0) is 41.5 Å². The highest BCUT2D eigenvalue weighted by atomic mass is 35.5. The maximum atomic E-state index is 13.9. The summed E-state index contributed by atoms with van der Waals surface area (Å²) in [6.45, 7) is 2.84. The van der Waals surface area contributed by atoms with Gasteiger partial charge in [-0.3, -0.25) is 24.5 Å². The lowest BCUT2D eigenvalue weighted by Gasteiger charge is -2.45. The summed E-state index contributed by atoms with van der Waals surface area (Å²) in [7, 11) is -3.84. The van der Waals surface area contributed by atoms with E-state index in [9.17, 15) is 42.3 Å². The van der Waals surface area contributed by atoms with Gasteiger partial charge in [0.15, 0.2) is 23.8 Å². The van der Waals surface area contributed by atoms with Crippen molar-refractivity contribution in [2.45, 2.75) is 69.5 Å². The molecule has 2 saturated heterocycles. The van der Waals surface area contributed by atoms with E-state index in [1.54, 1.807) is 60.7 Å². The number of nitrogens with zero attached hydrogens (tertiary/aromatic N) is 2. The number of sulfonamides is 1. The van der Waals surface area contributed by atoms with Gasteiger partial charge in [-0.05, 0) is 80.6 Å². The first-order valence-electron chi connectivity index (χ1n) is 19.5. The van der Waals surface area contributed by atoms with E-state index >= 15 is 0 Å². The van der Waals surface area contributed by atoms with Crippen molar-refractivity contribution >= 4 is 79.9 Å². The molecule has 0 radical (unpaired) electrons. The summed E-state index contributed by atoms with van der Waals surface area (Å²) in [5.41, 5.74) is 2.17. The molecule has 1 aromatic heterocycles. The number of rotatable bonds is 15. The molecule has 2 atom stereocenters. The number of amides is 4. The van der Waals surface area contributed by atoms with Crippen molar-refractivity contribution in [2.75, 3.05) is 30.4 Å². The van der Waals surface area contributed by atoms with E-state index < -0.39 is 58.6 Å². The maximum Gasteiger partial charge on any atom is 0.349 e. The zero-order chi connectivity index (χ0) is 44.5. The minimum absolute atomic E-state index is 0.0133. The van der Waals surface area contributed by atoms with Gasteiger partial charge in [-0.25, -0.2) is 18.0 Å². The fourth-order valence-corrected chi connectivity index (χ4v) is 11.4. The van der Waals surface area contributed by atoms with Crippen LogP contribution in [0.2, 0.25) is 5.02 Å². The molecule has 3 aliphatic heterocycles. The number of carboxylic acid groups (broad SMARTS) is 2. The van der Waals surface area contributed by atoms with Gasteiger partial charge < -0.3 is 35.2 Å². The number of carboxylic acids is 2. The molecule has 4 heterocycles. The smallest absolute Gasteiger partial charge is 0.349 e. The number of carbonyl (C=O) groups excluding carboxylic acids is 4. The van der Waals surface area contributed by atoms with Gasteiger partial charge in [0, 0.05) is 47.0 Å². The standard InChI is InChI=1S/C42H42ClN5O12S2/c1-42(2)18-27(44-26-9-4-7-24(17-26)37-35(43)36(60-21-34(51)52)38(61-37)41(55)56)14-15-48(42)62(57,58)22-23-6-3-8-25(16-23)45-33(50)20-59-31-11-5-10-28-29(31)19-47(40(28)54)30-12-13-32(49)46-39(30)53/h3-11,16-17,27,30,44H,12-15,18-22H2,1-2H3,(H,45,50)(H,51,52)(H,55,56)(H,46,49,53)/t27-,30?/m0/s1. The number of fused-ring (bicyclic) bond motifs is 1. The molecular weight excluding hydrogens is 866 g/mol. The predicted molar refractivity (Wildman–Crippen MR) is 228 cm³/mol. The third-order valence-electron chi connectivity index (χ3n) is 10.7. The van der Waals surface area contributed by atoms with Crippen LogP contribution in [-0.4, -0.2) is 101 Å². The zero-order valence-electron chi connectivity index (χ0n) is 33.4. The second-order valence-corrected chi connectivity index (χ2v) is 19.0. The van der Waals surface area contributed by atoms with Crippen LogP contribution in [0.15, 0.2) is 66.7 Å². The van der Waals surface area contributed by atoms with Crippen LogP contribution in [0, 0.1) is 0 Å². The molecule has 7 rings (SSSR count). The van der Waals surface area contributed by atoms with Crippen LogP contribution in [0.25, 0.3) is 10.4 Å². The Hall–Kier alpha value is -6.02. The minimum Gasteiger partial charge on any atom is -0.483 e. The number of halogens is 1. The van der Waals surface area contributed by atoms with Crippen LogP contribution >= 0.6 is 22.9 Å². The number of anilines is 2. The number of nitrogens with one attached hydrogen (secondary N) is 3. The highest BCUT2D eigenvalue weighted by Crippen LogP contribution is 2.46. The molecule has 62 heavy (non-hydrogen) atoms. The molecule has 5 N–H and O–H groups in total. The summed E-state index contributed by atoms with van der Waals surface area (Å²) in [6, 6.07) is 17.6. The van der Waals surface area contributed by atoms with E-state index in [0.717, 1.165) is 11.3 Å². The largest absolute Gasteiger partial charge is 0.483 e. The Morgan fingerprint density at radius 3 is 2.44 bits per heavy atom. The Morgan fingerprint density at radius 2 is 1.71 bits per heavy atom. The number of aliphatic carboxylic acids is 1. The van der Waals surface area contributed by atoms with E-state index in [1.807, 2.05) is 19.9 Å². The lowest BCUT2D eigenvalue weighted by Crippen LogP contribution is -2.55. The fourth-order valence-electron chi connectivity index (χ4n) is 8.05. The van der Waals surface area contributed by atoms with Crippen molar-refractivity contribution in [1.29, 1.82) is 0 Å². The minimum atomic E-state index is -3.84. The van der Waals surface area contributed by atoms with Crippen molar-refractivity contribution in [2.24, 2.45) is 0 Å². The van der Waals surface area contributed by atoms with E-state index in [0.29, 0.717) is 57.1 Å². The van der Waals surface area contributed by atoms with Gasteiger partial charge in [0.2, 0.25) is 21.8 Å². The Balaban J connectivity index is 0.945. The number of hydrogen-bond acceptors (Lipinski definition) is 12. The quantitative estimate of drug-likeness (QED) is 0.0967. The van der Waals surface area contributed by atoms with Gasteiger partial charge in [0.25, 0.3) is 11.8 Å². The highest BCUT2D eigenvalue weighted by Gasteiger charge is 2.42. The summed E-state index contributed by atoms with van der Waals surface area (Å²) in [4.78, 5) is 74.8. The molecule has 20 heteroatoms. The second kappa shape index (κ2) is 17.8. The normalized spacial score (nSPS) is 18.8. The lowest BCUT2D eigenvalue weighted by molar-refractivity contribution is -0.139. The SMILES string of the molecule is CC1(C)C[C@@H](Nc2cccc(-c3sc(C(=O)O)c(OCC(=O)O)c3Cl)c2)CCN1S(=O)(=O)Cc1cccc(NC(=O)COc2cccc3c2CN(C2CCC(=O)NC2=O)C3=O)c1. The van der Waals surface area contributed by atoms with Gasteiger partial charge in [-0.1, -0.05) is 41.9 Å². The summed E-state index contributed by atoms with van der Waals surface area (Å²) < 4.78 is 40.4. The van der Waals surface area contributed by atoms with Crippen LogP contribution < -0.4 is 25.4 Å². The van der Waals surface area contributed by atoms with E-state index in [4.69, 9.17) is 26.2 Å². The molecule has 17 nitrogen and oxygen atoms in total. The number of benzene rings is 3. The average molecular weight is 908 g/mol. The molecule has 4 aromatic rings. The fraction of sp³-hybridized carbons (Fsp3) is 0.333. The molecular formula is C42H42ClN5O12S2.